The Hall–Kier alpha value is -2.69. The van der Waals surface area contributed by atoms with Crippen molar-refractivity contribution in [2.45, 2.75) is 12.4 Å². The van der Waals surface area contributed by atoms with Crippen LogP contribution in [-0.2, 0) is 0 Å². The van der Waals surface area contributed by atoms with Gasteiger partial charge >= 0.3 is 0 Å². The lowest BCUT2D eigenvalue weighted by atomic mass is 10.1. The van der Waals surface area contributed by atoms with E-state index in [0.29, 0.717) is 18.8 Å². The number of β-amino-alcohol motifs (C(OH)–C–C–N with tert-alkyl or cyclic N) is 1. The van der Waals surface area contributed by atoms with Crippen molar-refractivity contribution in [3.05, 3.63) is 51.5 Å². The van der Waals surface area contributed by atoms with Gasteiger partial charge in [0.15, 0.2) is 6.29 Å². The van der Waals surface area contributed by atoms with Crippen molar-refractivity contribution in [2.24, 2.45) is 4.99 Å². The van der Waals surface area contributed by atoms with Gasteiger partial charge in [0.05, 0.1) is 29.5 Å². The zero-order valence-corrected chi connectivity index (χ0v) is 15.8. The van der Waals surface area contributed by atoms with Crippen LogP contribution in [0, 0.1) is 10.1 Å². The van der Waals surface area contributed by atoms with Crippen LogP contribution >= 0.6 is 0 Å². The molecule has 0 radical (unpaired) electrons. The number of aliphatic imine (C=N–C) groups is 1. The number of nitrogens with zero attached hydrogens (tertiary/aromatic N) is 5. The molecule has 0 aliphatic carbocycles. The normalized spacial score (nSPS) is 23.6. The number of piperazine rings is 1. The van der Waals surface area contributed by atoms with Gasteiger partial charge in [-0.2, -0.15) is 0 Å². The van der Waals surface area contributed by atoms with Gasteiger partial charge in [0.2, 0.25) is 0 Å². The predicted octanol–water partition coefficient (Wildman–Crippen LogP) is -0.135. The van der Waals surface area contributed by atoms with Crippen molar-refractivity contribution < 1.29 is 10.0 Å². The number of rotatable bonds is 5. The highest BCUT2D eigenvalue weighted by Crippen LogP contribution is 2.28. The van der Waals surface area contributed by atoms with Crippen LogP contribution in [-0.4, -0.2) is 83.7 Å². The second kappa shape index (κ2) is 7.74. The van der Waals surface area contributed by atoms with Gasteiger partial charge in [0, 0.05) is 45.4 Å². The maximum atomic E-state index is 10.9. The molecule has 1 saturated heterocycles. The predicted molar refractivity (Wildman–Crippen MR) is 104 cm³/mol. The summed E-state index contributed by atoms with van der Waals surface area (Å²) in [7, 11) is 1.99. The SMILES string of the molecule is CN1CN=CC2=C1NC(N1CCNCC1)N2CC(O)c1ccc([N+](=O)[O-])cc1. The number of aliphatic hydroxyl groups excluding tert-OH is 1. The molecule has 1 fully saturated rings. The van der Waals surface area contributed by atoms with Gasteiger partial charge in [-0.1, -0.05) is 0 Å². The standard InChI is InChI=1S/C18H25N7O3/c1-22-12-20-10-15-17(22)21-18(23-8-6-19-7-9-23)24(15)11-16(26)13-2-4-14(5-3-13)25(27)28/h2-5,10,16,18-19,21,26H,6-9,11-12H2,1H3. The summed E-state index contributed by atoms with van der Waals surface area (Å²) in [6, 6.07) is 6.08. The molecule has 1 aromatic rings. The summed E-state index contributed by atoms with van der Waals surface area (Å²) >= 11 is 0. The lowest BCUT2D eigenvalue weighted by Gasteiger charge is -2.39. The number of aliphatic hydroxyl groups is 1. The molecule has 10 heteroatoms. The Morgan fingerprint density at radius 1 is 1.32 bits per heavy atom. The van der Waals surface area contributed by atoms with E-state index >= 15 is 0 Å². The Morgan fingerprint density at radius 2 is 2.04 bits per heavy atom. The van der Waals surface area contributed by atoms with Gasteiger partial charge in [-0.15, -0.1) is 0 Å². The Labute approximate surface area is 163 Å². The molecule has 3 heterocycles. The van der Waals surface area contributed by atoms with Crippen molar-refractivity contribution in [2.75, 3.05) is 46.4 Å². The number of nitro benzene ring substituents is 1. The monoisotopic (exact) mass is 387 g/mol. The summed E-state index contributed by atoms with van der Waals surface area (Å²) in [6.07, 6.45) is 1.01. The minimum Gasteiger partial charge on any atom is -0.387 e. The molecule has 3 aliphatic rings. The number of non-ortho nitro benzene ring substituents is 1. The fourth-order valence-electron chi connectivity index (χ4n) is 3.83. The molecule has 2 unspecified atom stereocenters. The van der Waals surface area contributed by atoms with E-state index in [2.05, 4.69) is 30.3 Å². The average molecular weight is 387 g/mol. The second-order valence-electron chi connectivity index (χ2n) is 7.21. The molecule has 0 spiro atoms. The smallest absolute Gasteiger partial charge is 0.269 e. The molecular formula is C18H25N7O3. The zero-order chi connectivity index (χ0) is 19.7. The first-order chi connectivity index (χ1) is 13.5. The molecule has 1 aromatic carbocycles. The first-order valence-corrected chi connectivity index (χ1v) is 9.40. The molecule has 28 heavy (non-hydrogen) atoms. The van der Waals surface area contributed by atoms with Gasteiger partial charge in [0.1, 0.15) is 12.5 Å². The fraction of sp³-hybridized carbons (Fsp3) is 0.500. The summed E-state index contributed by atoms with van der Waals surface area (Å²) in [5, 5.41) is 28.6. The quantitative estimate of drug-likeness (QED) is 0.473. The van der Waals surface area contributed by atoms with Crippen LogP contribution in [0.2, 0.25) is 0 Å². The highest BCUT2D eigenvalue weighted by atomic mass is 16.6. The van der Waals surface area contributed by atoms with Crippen LogP contribution in [0.25, 0.3) is 0 Å². The summed E-state index contributed by atoms with van der Waals surface area (Å²) in [6.45, 7) is 4.61. The van der Waals surface area contributed by atoms with Gasteiger partial charge in [-0.3, -0.25) is 20.0 Å². The molecule has 150 valence electrons. The van der Waals surface area contributed by atoms with E-state index in [1.54, 1.807) is 12.1 Å². The molecule has 2 atom stereocenters. The van der Waals surface area contributed by atoms with Crippen molar-refractivity contribution in [1.29, 1.82) is 0 Å². The highest BCUT2D eigenvalue weighted by Gasteiger charge is 2.38. The van der Waals surface area contributed by atoms with Crippen LogP contribution in [0.1, 0.15) is 11.7 Å². The number of hydrogen-bond donors (Lipinski definition) is 3. The van der Waals surface area contributed by atoms with E-state index in [9.17, 15) is 15.2 Å². The average Bonchev–Trinajstić information content (AvgIpc) is 3.08. The lowest BCUT2D eigenvalue weighted by Crippen LogP contribution is -2.58. The molecule has 4 rings (SSSR count). The van der Waals surface area contributed by atoms with Gasteiger partial charge in [-0.05, 0) is 17.7 Å². The summed E-state index contributed by atoms with van der Waals surface area (Å²) in [4.78, 5) is 21.4. The van der Waals surface area contributed by atoms with E-state index in [4.69, 9.17) is 0 Å². The number of hydrogen-bond acceptors (Lipinski definition) is 9. The molecule has 10 nitrogen and oxygen atoms in total. The second-order valence-corrected chi connectivity index (χ2v) is 7.21. The van der Waals surface area contributed by atoms with E-state index in [1.165, 1.54) is 12.1 Å². The summed E-state index contributed by atoms with van der Waals surface area (Å²) < 4.78 is 0. The van der Waals surface area contributed by atoms with Gasteiger partial charge < -0.3 is 25.5 Å². The summed E-state index contributed by atoms with van der Waals surface area (Å²) in [5.41, 5.74) is 1.63. The minimum absolute atomic E-state index is 0.0171. The number of nitro groups is 1. The van der Waals surface area contributed by atoms with Crippen molar-refractivity contribution in [3.63, 3.8) is 0 Å². The molecular weight excluding hydrogens is 362 g/mol. The highest BCUT2D eigenvalue weighted by molar-refractivity contribution is 5.80. The van der Waals surface area contributed by atoms with Crippen LogP contribution in [0.4, 0.5) is 5.69 Å². The minimum atomic E-state index is -0.777. The van der Waals surface area contributed by atoms with Crippen LogP contribution in [0.15, 0.2) is 40.8 Å². The van der Waals surface area contributed by atoms with Crippen molar-refractivity contribution in [3.8, 4) is 0 Å². The molecule has 0 saturated carbocycles. The molecule has 0 bridgehead atoms. The van der Waals surface area contributed by atoms with E-state index in [-0.39, 0.29) is 12.0 Å². The molecule has 3 aliphatic heterocycles. The van der Waals surface area contributed by atoms with Crippen LogP contribution < -0.4 is 10.6 Å². The van der Waals surface area contributed by atoms with E-state index in [1.807, 2.05) is 13.3 Å². The molecule has 3 N–H and O–H groups in total. The first-order valence-electron chi connectivity index (χ1n) is 9.40. The van der Waals surface area contributed by atoms with Crippen LogP contribution in [0.3, 0.4) is 0 Å². The number of allylic oxidation sites excluding steroid dienone is 1. The zero-order valence-electron chi connectivity index (χ0n) is 15.8. The fourth-order valence-corrected chi connectivity index (χ4v) is 3.83. The first kappa shape index (κ1) is 18.7. The third-order valence-corrected chi connectivity index (χ3v) is 5.36. The maximum absolute atomic E-state index is 10.9. The third kappa shape index (κ3) is 3.53. The van der Waals surface area contributed by atoms with Gasteiger partial charge in [-0.25, -0.2) is 0 Å². The third-order valence-electron chi connectivity index (χ3n) is 5.36. The Balaban J connectivity index is 1.56. The van der Waals surface area contributed by atoms with Crippen molar-refractivity contribution >= 4 is 11.9 Å². The van der Waals surface area contributed by atoms with E-state index < -0.39 is 11.0 Å². The Kier molecular flexibility index (Phi) is 5.16. The van der Waals surface area contributed by atoms with Crippen molar-refractivity contribution in [1.82, 2.24) is 25.3 Å². The lowest BCUT2D eigenvalue weighted by molar-refractivity contribution is -0.384. The maximum Gasteiger partial charge on any atom is 0.269 e. The van der Waals surface area contributed by atoms with Crippen LogP contribution in [0.5, 0.6) is 0 Å². The number of nitrogens with one attached hydrogen (secondary N) is 2. The largest absolute Gasteiger partial charge is 0.387 e. The number of benzene rings is 1. The van der Waals surface area contributed by atoms with E-state index in [0.717, 1.165) is 37.7 Å². The van der Waals surface area contributed by atoms with Gasteiger partial charge in [0.25, 0.3) is 5.69 Å². The summed E-state index contributed by atoms with van der Waals surface area (Å²) in [5.74, 6) is 1.01. The Bertz CT molecular complexity index is 789. The molecule has 0 aromatic heterocycles. The topological polar surface area (TPSA) is 110 Å². The molecule has 0 amide bonds. The Morgan fingerprint density at radius 3 is 2.71 bits per heavy atom.